The summed E-state index contributed by atoms with van der Waals surface area (Å²) in [5.41, 5.74) is 7.58. The number of guanidine groups is 1. The largest absolute Gasteiger partial charge is 0.481 e. The number of nitrogens with one attached hydrogen (secondary N) is 3. The number of carbonyl (C=O) groups excluding carboxylic acids is 2. The molecule has 7 N–H and O–H groups in total. The SMILES string of the molecule is CC1CCCc2cc(NC(=N)N)ccc2C(=O)Oc2cccc(C(=O)N[C@@H](CC(=O)O)C(=O)O)c21. The lowest BCUT2D eigenvalue weighted by molar-refractivity contribution is -0.145. The Labute approximate surface area is 200 Å². The molecular weight excluding hydrogens is 456 g/mol. The molecule has 1 aliphatic heterocycles. The minimum absolute atomic E-state index is 0.112. The second-order valence-corrected chi connectivity index (χ2v) is 8.27. The molecule has 0 radical (unpaired) electrons. The zero-order chi connectivity index (χ0) is 25.7. The Hall–Kier alpha value is -4.41. The number of hydrogen-bond acceptors (Lipinski definition) is 6. The molecule has 0 saturated heterocycles. The summed E-state index contributed by atoms with van der Waals surface area (Å²) in [5.74, 6) is -4.53. The van der Waals surface area contributed by atoms with E-state index >= 15 is 0 Å². The predicted octanol–water partition coefficient (Wildman–Crippen LogP) is 2.31. The minimum Gasteiger partial charge on any atom is -0.481 e. The van der Waals surface area contributed by atoms with E-state index in [0.717, 1.165) is 5.56 Å². The Morgan fingerprint density at radius 3 is 2.63 bits per heavy atom. The highest BCUT2D eigenvalue weighted by molar-refractivity contribution is 6.00. The Bertz CT molecular complexity index is 1190. The van der Waals surface area contributed by atoms with Crippen molar-refractivity contribution in [2.75, 3.05) is 5.32 Å². The first kappa shape index (κ1) is 25.2. The van der Waals surface area contributed by atoms with E-state index in [1.54, 1.807) is 24.3 Å². The highest BCUT2D eigenvalue weighted by atomic mass is 16.5. The van der Waals surface area contributed by atoms with Crippen LogP contribution in [0.15, 0.2) is 36.4 Å². The van der Waals surface area contributed by atoms with Crippen LogP contribution in [0.25, 0.3) is 0 Å². The number of fused-ring (bicyclic) bond motifs is 2. The van der Waals surface area contributed by atoms with Gasteiger partial charge in [0, 0.05) is 16.8 Å². The smallest absolute Gasteiger partial charge is 0.343 e. The van der Waals surface area contributed by atoms with Crippen LogP contribution in [-0.2, 0) is 16.0 Å². The molecule has 0 saturated carbocycles. The second kappa shape index (κ2) is 10.7. The number of carbonyl (C=O) groups is 4. The zero-order valence-electron chi connectivity index (χ0n) is 19.0. The molecule has 11 nitrogen and oxygen atoms in total. The highest BCUT2D eigenvalue weighted by Crippen LogP contribution is 2.35. The quantitative estimate of drug-likeness (QED) is 0.155. The third-order valence-electron chi connectivity index (χ3n) is 5.68. The monoisotopic (exact) mass is 482 g/mol. The van der Waals surface area contributed by atoms with E-state index in [9.17, 15) is 24.3 Å². The lowest BCUT2D eigenvalue weighted by atomic mass is 9.88. The van der Waals surface area contributed by atoms with Gasteiger partial charge in [-0.2, -0.15) is 0 Å². The molecule has 1 aliphatic rings. The van der Waals surface area contributed by atoms with Gasteiger partial charge in [0.1, 0.15) is 11.8 Å². The van der Waals surface area contributed by atoms with Crippen molar-refractivity contribution in [3.63, 3.8) is 0 Å². The number of rotatable bonds is 6. The molecule has 2 aromatic rings. The number of amides is 1. The lowest BCUT2D eigenvalue weighted by Crippen LogP contribution is -2.42. The first-order chi connectivity index (χ1) is 16.6. The molecule has 0 fully saturated rings. The van der Waals surface area contributed by atoms with Crippen molar-refractivity contribution in [3.05, 3.63) is 58.7 Å². The van der Waals surface area contributed by atoms with E-state index in [1.807, 2.05) is 6.92 Å². The van der Waals surface area contributed by atoms with Crippen molar-refractivity contribution in [1.29, 1.82) is 5.41 Å². The second-order valence-electron chi connectivity index (χ2n) is 8.27. The standard InChI is InChI=1S/C24H26N4O7/c1-12-4-2-5-13-10-14(27-24(25)26)8-9-15(13)23(34)35-18-7-3-6-16(20(12)18)21(31)28-17(22(32)33)11-19(29)30/h3,6-10,12,17H,2,4-5,11H2,1H3,(H,28,31)(H,29,30)(H,32,33)(H4,25,26,27)/t12?,17-/m0/s1. The molecule has 0 aliphatic carbocycles. The van der Waals surface area contributed by atoms with Gasteiger partial charge in [0.2, 0.25) is 0 Å². The van der Waals surface area contributed by atoms with E-state index in [2.05, 4.69) is 10.6 Å². The topological polar surface area (TPSA) is 192 Å². The summed E-state index contributed by atoms with van der Waals surface area (Å²) in [7, 11) is 0. The maximum Gasteiger partial charge on any atom is 0.343 e. The van der Waals surface area contributed by atoms with Gasteiger partial charge in [-0.3, -0.25) is 15.0 Å². The van der Waals surface area contributed by atoms with E-state index in [4.69, 9.17) is 21.0 Å². The number of benzene rings is 2. The number of ether oxygens (including phenoxy) is 1. The number of anilines is 1. The summed E-state index contributed by atoms with van der Waals surface area (Å²) in [6.07, 6.45) is 1.04. The van der Waals surface area contributed by atoms with Crippen molar-refractivity contribution in [1.82, 2.24) is 5.32 Å². The first-order valence-electron chi connectivity index (χ1n) is 10.9. The summed E-state index contributed by atoms with van der Waals surface area (Å²) in [6.45, 7) is 1.87. The number of aliphatic carboxylic acids is 2. The molecule has 184 valence electrons. The van der Waals surface area contributed by atoms with Crippen LogP contribution in [0, 0.1) is 5.41 Å². The van der Waals surface area contributed by atoms with Crippen molar-refractivity contribution in [3.8, 4) is 5.75 Å². The fourth-order valence-electron chi connectivity index (χ4n) is 4.08. The molecule has 2 atom stereocenters. The lowest BCUT2D eigenvalue weighted by Gasteiger charge is -2.23. The number of aryl methyl sites for hydroxylation is 1. The number of carboxylic acids is 2. The molecule has 11 heteroatoms. The van der Waals surface area contributed by atoms with Crippen LogP contribution < -0.4 is 21.1 Å². The molecular formula is C24H26N4O7. The van der Waals surface area contributed by atoms with Crippen LogP contribution in [0.5, 0.6) is 5.75 Å². The van der Waals surface area contributed by atoms with Gasteiger partial charge in [0.25, 0.3) is 5.91 Å². The van der Waals surface area contributed by atoms with Gasteiger partial charge >= 0.3 is 17.9 Å². The molecule has 1 heterocycles. The Balaban J connectivity index is 1.97. The fraction of sp³-hybridized carbons (Fsp3) is 0.292. The van der Waals surface area contributed by atoms with Crippen LogP contribution in [0.3, 0.4) is 0 Å². The van der Waals surface area contributed by atoms with Gasteiger partial charge in [0.15, 0.2) is 5.96 Å². The number of esters is 1. The average Bonchev–Trinajstić information content (AvgIpc) is 2.77. The molecule has 1 amide bonds. The zero-order valence-corrected chi connectivity index (χ0v) is 19.0. The van der Waals surface area contributed by atoms with Crippen molar-refractivity contribution < 1.29 is 34.1 Å². The predicted molar refractivity (Wildman–Crippen MR) is 126 cm³/mol. The minimum atomic E-state index is -1.61. The Morgan fingerprint density at radius 2 is 1.97 bits per heavy atom. The van der Waals surface area contributed by atoms with E-state index in [-0.39, 0.29) is 23.2 Å². The van der Waals surface area contributed by atoms with E-state index in [1.165, 1.54) is 12.1 Å². The van der Waals surface area contributed by atoms with Crippen LogP contribution >= 0.6 is 0 Å². The summed E-state index contributed by atoms with van der Waals surface area (Å²) in [6, 6.07) is 7.86. The van der Waals surface area contributed by atoms with Crippen molar-refractivity contribution in [2.45, 2.75) is 44.6 Å². The van der Waals surface area contributed by atoms with E-state index in [0.29, 0.717) is 36.1 Å². The number of nitrogens with two attached hydrogens (primary N) is 1. The first-order valence-corrected chi connectivity index (χ1v) is 10.9. The summed E-state index contributed by atoms with van der Waals surface area (Å²) in [4.78, 5) is 48.4. The van der Waals surface area contributed by atoms with Gasteiger partial charge in [-0.15, -0.1) is 0 Å². The highest BCUT2D eigenvalue weighted by Gasteiger charge is 2.28. The van der Waals surface area contributed by atoms with Crippen LogP contribution in [0.4, 0.5) is 5.69 Å². The summed E-state index contributed by atoms with van der Waals surface area (Å²) >= 11 is 0. The van der Waals surface area contributed by atoms with Crippen molar-refractivity contribution >= 4 is 35.5 Å². The molecule has 1 unspecified atom stereocenters. The Kier molecular flexibility index (Phi) is 7.69. The molecule has 0 aromatic heterocycles. The van der Waals surface area contributed by atoms with Crippen LogP contribution in [0.1, 0.15) is 63.9 Å². The molecule has 2 aromatic carbocycles. The summed E-state index contributed by atoms with van der Waals surface area (Å²) < 4.78 is 5.68. The molecule has 35 heavy (non-hydrogen) atoms. The molecule has 0 spiro atoms. The fourth-order valence-corrected chi connectivity index (χ4v) is 4.08. The number of hydrogen-bond donors (Lipinski definition) is 6. The van der Waals surface area contributed by atoms with Gasteiger partial charge in [-0.25, -0.2) is 9.59 Å². The van der Waals surface area contributed by atoms with Gasteiger partial charge in [0.05, 0.1) is 12.0 Å². The molecule has 0 bridgehead atoms. The number of carboxylic acid groups (broad SMARTS) is 2. The van der Waals surface area contributed by atoms with Crippen molar-refractivity contribution in [2.24, 2.45) is 5.73 Å². The maximum absolute atomic E-state index is 13.0. The third kappa shape index (κ3) is 6.14. The van der Waals surface area contributed by atoms with E-state index < -0.39 is 36.3 Å². The summed E-state index contributed by atoms with van der Waals surface area (Å²) in [5, 5.41) is 30.6. The normalized spacial score (nSPS) is 16.0. The van der Waals surface area contributed by atoms with Gasteiger partial charge in [-0.05, 0) is 61.1 Å². The molecule has 3 rings (SSSR count). The maximum atomic E-state index is 13.0. The Morgan fingerprint density at radius 1 is 1.23 bits per heavy atom. The third-order valence-corrected chi connectivity index (χ3v) is 5.68. The van der Waals surface area contributed by atoms with Gasteiger partial charge < -0.3 is 31.3 Å². The van der Waals surface area contributed by atoms with Crippen LogP contribution in [-0.4, -0.2) is 46.0 Å². The average molecular weight is 482 g/mol. The van der Waals surface area contributed by atoms with Crippen LogP contribution in [0.2, 0.25) is 0 Å². The van der Waals surface area contributed by atoms with Gasteiger partial charge in [-0.1, -0.05) is 13.0 Å².